The summed E-state index contributed by atoms with van der Waals surface area (Å²) in [6.45, 7) is 0. The number of hydrogen-bond acceptors (Lipinski definition) is 1. The molecule has 1 nitrogen and oxygen atoms in total. The van der Waals surface area contributed by atoms with Crippen LogP contribution in [0, 0.1) is 5.82 Å². The molecule has 0 radical (unpaired) electrons. The summed E-state index contributed by atoms with van der Waals surface area (Å²) < 4.78 is 50.4. The molecule has 0 heterocycles. The van der Waals surface area contributed by atoms with E-state index in [-0.39, 0.29) is 24.0 Å². The summed E-state index contributed by atoms with van der Waals surface area (Å²) in [6, 6.07) is 1.46. The van der Waals surface area contributed by atoms with E-state index in [1.165, 1.54) is 0 Å². The van der Waals surface area contributed by atoms with Crippen LogP contribution >= 0.6 is 0 Å². The van der Waals surface area contributed by atoms with Crippen molar-refractivity contribution in [2.24, 2.45) is 0 Å². The largest absolute Gasteiger partial charge is 0.416 e. The molecule has 0 spiro atoms. The van der Waals surface area contributed by atoms with Crippen molar-refractivity contribution < 1.29 is 22.7 Å². The maximum absolute atomic E-state index is 12.9. The van der Waals surface area contributed by atoms with E-state index in [4.69, 9.17) is 0 Å². The van der Waals surface area contributed by atoms with Crippen LogP contribution in [0.5, 0.6) is 0 Å². The number of aliphatic hydroxyl groups excluding tert-OH is 1. The lowest BCUT2D eigenvalue weighted by Gasteiger charge is -2.12. The molecule has 15 heavy (non-hydrogen) atoms. The first-order chi connectivity index (χ1) is 6.89. The summed E-state index contributed by atoms with van der Waals surface area (Å²) >= 11 is 0. The van der Waals surface area contributed by atoms with Crippen LogP contribution in [-0.2, 0) is 12.6 Å². The fraction of sp³-hybridized carbons (Fsp3) is 0.400. The van der Waals surface area contributed by atoms with E-state index in [1.807, 2.05) is 0 Å². The van der Waals surface area contributed by atoms with Crippen molar-refractivity contribution in [1.82, 2.24) is 0 Å². The highest BCUT2D eigenvalue weighted by Crippen LogP contribution is 2.40. The van der Waals surface area contributed by atoms with E-state index in [9.17, 15) is 22.7 Å². The predicted octanol–water partition coefficient (Wildman–Crippen LogP) is 2.82. The molecule has 0 bridgehead atoms. The number of benzene rings is 1. The van der Waals surface area contributed by atoms with Crippen LogP contribution in [0.4, 0.5) is 17.6 Å². The third-order valence-electron chi connectivity index (χ3n) is 2.58. The van der Waals surface area contributed by atoms with Crippen molar-refractivity contribution in [3.8, 4) is 0 Å². The molecule has 0 saturated heterocycles. The molecule has 0 aliphatic heterocycles. The first kappa shape index (κ1) is 10.4. The van der Waals surface area contributed by atoms with Gasteiger partial charge in [0.25, 0.3) is 0 Å². The molecule has 1 aliphatic carbocycles. The van der Waals surface area contributed by atoms with Gasteiger partial charge in [-0.15, -0.1) is 0 Å². The lowest BCUT2D eigenvalue weighted by molar-refractivity contribution is -0.138. The minimum absolute atomic E-state index is 0.0244. The first-order valence-electron chi connectivity index (χ1n) is 4.47. The van der Waals surface area contributed by atoms with Gasteiger partial charge in [-0.1, -0.05) is 0 Å². The molecule has 1 unspecified atom stereocenters. The Bertz CT molecular complexity index is 397. The summed E-state index contributed by atoms with van der Waals surface area (Å²) in [5.41, 5.74) is -0.868. The molecule has 82 valence electrons. The molecule has 1 N–H and O–H groups in total. The maximum Gasteiger partial charge on any atom is 0.416 e. The topological polar surface area (TPSA) is 20.2 Å². The van der Waals surface area contributed by atoms with Crippen molar-refractivity contribution >= 4 is 0 Å². The molecule has 1 atom stereocenters. The van der Waals surface area contributed by atoms with Crippen molar-refractivity contribution in [2.45, 2.75) is 25.1 Å². The van der Waals surface area contributed by atoms with E-state index in [2.05, 4.69) is 0 Å². The predicted molar refractivity (Wildman–Crippen MR) is 44.7 cm³/mol. The molecule has 1 aliphatic rings. The Kier molecular flexibility index (Phi) is 2.22. The molecule has 0 saturated carbocycles. The van der Waals surface area contributed by atoms with Gasteiger partial charge in [0.2, 0.25) is 0 Å². The molecule has 2 rings (SSSR count). The third kappa shape index (κ3) is 1.71. The zero-order valence-electron chi connectivity index (χ0n) is 7.61. The molecule has 0 fully saturated rings. The SMILES string of the molecule is OC1CCc2c1cc(F)cc2C(F)(F)F. The minimum Gasteiger partial charge on any atom is -0.388 e. The van der Waals surface area contributed by atoms with Crippen molar-refractivity contribution in [3.05, 3.63) is 34.6 Å². The van der Waals surface area contributed by atoms with Gasteiger partial charge >= 0.3 is 6.18 Å². The van der Waals surface area contributed by atoms with E-state index in [0.717, 1.165) is 6.07 Å². The lowest BCUT2D eigenvalue weighted by Crippen LogP contribution is -2.10. The van der Waals surface area contributed by atoms with Gasteiger partial charge in [-0.3, -0.25) is 0 Å². The van der Waals surface area contributed by atoms with Gasteiger partial charge in [0.1, 0.15) is 5.82 Å². The molecule has 1 aromatic carbocycles. The average molecular weight is 220 g/mol. The van der Waals surface area contributed by atoms with Crippen LogP contribution in [0.3, 0.4) is 0 Å². The molecular weight excluding hydrogens is 212 g/mol. The highest BCUT2D eigenvalue weighted by Gasteiger charge is 2.37. The van der Waals surface area contributed by atoms with E-state index in [0.29, 0.717) is 6.07 Å². The Morgan fingerprint density at radius 1 is 1.27 bits per heavy atom. The van der Waals surface area contributed by atoms with Crippen molar-refractivity contribution in [3.63, 3.8) is 0 Å². The normalized spacial score (nSPS) is 20.5. The molecule has 1 aromatic rings. The van der Waals surface area contributed by atoms with E-state index in [1.54, 1.807) is 0 Å². The smallest absolute Gasteiger partial charge is 0.388 e. The third-order valence-corrected chi connectivity index (χ3v) is 2.58. The van der Waals surface area contributed by atoms with Gasteiger partial charge in [-0.05, 0) is 36.1 Å². The molecule has 5 heteroatoms. The Morgan fingerprint density at radius 2 is 1.93 bits per heavy atom. The highest BCUT2D eigenvalue weighted by molar-refractivity contribution is 5.42. The minimum atomic E-state index is -4.56. The van der Waals surface area contributed by atoms with Gasteiger partial charge in [0, 0.05) is 0 Å². The van der Waals surface area contributed by atoms with Crippen LogP contribution in [-0.4, -0.2) is 5.11 Å². The quantitative estimate of drug-likeness (QED) is 0.666. The number of rotatable bonds is 0. The standard InChI is InChI=1S/C10H8F4O/c11-5-3-7-6(1-2-9(7)15)8(4-5)10(12,13)14/h3-4,9,15H,1-2H2. The Morgan fingerprint density at radius 3 is 2.53 bits per heavy atom. The van der Waals surface area contributed by atoms with Gasteiger partial charge in [0.15, 0.2) is 0 Å². The zero-order chi connectivity index (χ0) is 11.2. The van der Waals surface area contributed by atoms with Gasteiger partial charge in [-0.25, -0.2) is 4.39 Å². The summed E-state index contributed by atoms with van der Waals surface area (Å²) in [7, 11) is 0. The summed E-state index contributed by atoms with van der Waals surface area (Å²) in [5, 5.41) is 9.36. The number of fused-ring (bicyclic) bond motifs is 1. The fourth-order valence-corrected chi connectivity index (χ4v) is 1.92. The van der Waals surface area contributed by atoms with Crippen molar-refractivity contribution in [2.75, 3.05) is 0 Å². The summed E-state index contributed by atoms with van der Waals surface area (Å²) in [5.74, 6) is -0.956. The summed E-state index contributed by atoms with van der Waals surface area (Å²) in [6.07, 6.45) is -5.17. The number of aliphatic hydroxyl groups is 1. The molecular formula is C10H8F4O. The maximum atomic E-state index is 12.9. The fourth-order valence-electron chi connectivity index (χ4n) is 1.92. The van der Waals surface area contributed by atoms with E-state index < -0.39 is 23.7 Å². The molecule has 0 amide bonds. The van der Waals surface area contributed by atoms with Gasteiger partial charge in [-0.2, -0.15) is 13.2 Å². The van der Waals surface area contributed by atoms with Gasteiger partial charge < -0.3 is 5.11 Å². The number of halogens is 4. The van der Waals surface area contributed by atoms with Crippen molar-refractivity contribution in [1.29, 1.82) is 0 Å². The van der Waals surface area contributed by atoms with E-state index >= 15 is 0 Å². The number of alkyl halides is 3. The van der Waals surface area contributed by atoms with Crippen LogP contribution in [0.15, 0.2) is 12.1 Å². The monoisotopic (exact) mass is 220 g/mol. The second-order valence-electron chi connectivity index (χ2n) is 3.57. The van der Waals surface area contributed by atoms with Crippen LogP contribution < -0.4 is 0 Å². The second-order valence-corrected chi connectivity index (χ2v) is 3.57. The number of hydrogen-bond donors (Lipinski definition) is 1. The highest BCUT2D eigenvalue weighted by atomic mass is 19.4. The summed E-state index contributed by atoms with van der Waals surface area (Å²) in [4.78, 5) is 0. The zero-order valence-corrected chi connectivity index (χ0v) is 7.61. The van der Waals surface area contributed by atoms with Crippen LogP contribution in [0.2, 0.25) is 0 Å². The van der Waals surface area contributed by atoms with Crippen LogP contribution in [0.1, 0.15) is 29.2 Å². The second kappa shape index (κ2) is 3.20. The Labute approximate surface area is 83.3 Å². The van der Waals surface area contributed by atoms with Gasteiger partial charge in [0.05, 0.1) is 11.7 Å². The van der Waals surface area contributed by atoms with Crippen LogP contribution in [0.25, 0.3) is 0 Å². The Balaban J connectivity index is 2.62. The average Bonchev–Trinajstić information content (AvgIpc) is 2.45. The lowest BCUT2D eigenvalue weighted by atomic mass is 10.0. The first-order valence-corrected chi connectivity index (χ1v) is 4.47. The molecule has 0 aromatic heterocycles. The Hall–Kier alpha value is -1.10.